The second kappa shape index (κ2) is 8.66. The molecule has 0 saturated carbocycles. The minimum atomic E-state index is 0.221. The quantitative estimate of drug-likeness (QED) is 0.696. The number of nitrogens with zero attached hydrogens (tertiary/aromatic N) is 1. The highest BCUT2D eigenvalue weighted by atomic mass is 79.9. The van der Waals surface area contributed by atoms with Crippen LogP contribution in [-0.4, -0.2) is 43.0 Å². The number of piperidine rings is 1. The third kappa shape index (κ3) is 5.53. The predicted octanol–water partition coefficient (Wildman–Crippen LogP) is 3.91. The van der Waals surface area contributed by atoms with Crippen molar-refractivity contribution >= 4 is 21.7 Å². The Morgan fingerprint density at radius 2 is 2.14 bits per heavy atom. The molecule has 21 heavy (non-hydrogen) atoms. The summed E-state index contributed by atoms with van der Waals surface area (Å²) in [5.74, 6) is 0.221. The van der Waals surface area contributed by atoms with E-state index in [1.165, 1.54) is 6.42 Å². The Morgan fingerprint density at radius 3 is 2.86 bits per heavy atom. The number of hydrogen-bond acceptors (Lipinski definition) is 3. The van der Waals surface area contributed by atoms with E-state index in [1.807, 2.05) is 24.3 Å². The average molecular weight is 354 g/mol. The van der Waals surface area contributed by atoms with Crippen molar-refractivity contribution in [2.45, 2.75) is 38.7 Å². The fourth-order valence-electron chi connectivity index (χ4n) is 2.68. The molecule has 0 amide bonds. The number of rotatable bonds is 7. The Hall–Kier alpha value is -0.710. The molecule has 116 valence electrons. The number of Topliss-reactive ketones (excluding diaryl/α,β-unsaturated/α-hetero) is 1. The van der Waals surface area contributed by atoms with Crippen molar-refractivity contribution in [3.05, 3.63) is 34.3 Å². The Bertz CT molecular complexity index is 447. The second-order valence-corrected chi connectivity index (χ2v) is 6.53. The van der Waals surface area contributed by atoms with Gasteiger partial charge in [0.2, 0.25) is 0 Å². The maximum Gasteiger partial charge on any atom is 0.164 e. The van der Waals surface area contributed by atoms with Gasteiger partial charge < -0.3 is 9.64 Å². The smallest absolute Gasteiger partial charge is 0.164 e. The Morgan fingerprint density at radius 1 is 1.38 bits per heavy atom. The van der Waals surface area contributed by atoms with Crippen molar-refractivity contribution in [3.8, 4) is 0 Å². The van der Waals surface area contributed by atoms with Crippen LogP contribution in [0.4, 0.5) is 0 Å². The van der Waals surface area contributed by atoms with E-state index in [4.69, 9.17) is 4.74 Å². The van der Waals surface area contributed by atoms with E-state index in [9.17, 15) is 4.79 Å². The molecule has 0 N–H and O–H groups in total. The summed E-state index contributed by atoms with van der Waals surface area (Å²) in [5.41, 5.74) is 0.800. The highest BCUT2D eigenvalue weighted by Crippen LogP contribution is 2.15. The molecule has 1 aromatic carbocycles. The SMILES string of the molecule is CCCOC1CCCN(CCC(=O)c2ccc(Br)cc2)C1. The van der Waals surface area contributed by atoms with Crippen LogP contribution in [-0.2, 0) is 4.74 Å². The van der Waals surface area contributed by atoms with Gasteiger partial charge in [0.1, 0.15) is 0 Å². The van der Waals surface area contributed by atoms with E-state index in [1.54, 1.807) is 0 Å². The van der Waals surface area contributed by atoms with Crippen LogP contribution >= 0.6 is 15.9 Å². The number of benzene rings is 1. The zero-order chi connectivity index (χ0) is 15.1. The van der Waals surface area contributed by atoms with Crippen LogP contribution in [0.1, 0.15) is 43.0 Å². The number of likely N-dealkylation sites (tertiary alicyclic amines) is 1. The monoisotopic (exact) mass is 353 g/mol. The van der Waals surface area contributed by atoms with Crippen LogP contribution in [0.25, 0.3) is 0 Å². The van der Waals surface area contributed by atoms with E-state index in [0.717, 1.165) is 49.1 Å². The van der Waals surface area contributed by atoms with Crippen LogP contribution in [0.15, 0.2) is 28.7 Å². The second-order valence-electron chi connectivity index (χ2n) is 5.62. The first-order chi connectivity index (χ1) is 10.2. The van der Waals surface area contributed by atoms with Crippen LogP contribution < -0.4 is 0 Å². The molecule has 2 rings (SSSR count). The topological polar surface area (TPSA) is 29.5 Å². The van der Waals surface area contributed by atoms with Crippen LogP contribution in [0.5, 0.6) is 0 Å². The summed E-state index contributed by atoms with van der Waals surface area (Å²) < 4.78 is 6.84. The van der Waals surface area contributed by atoms with Crippen molar-refractivity contribution in [2.24, 2.45) is 0 Å². The van der Waals surface area contributed by atoms with E-state index in [-0.39, 0.29) is 5.78 Å². The molecule has 1 aliphatic heterocycles. The molecule has 0 aromatic heterocycles. The molecule has 0 radical (unpaired) electrons. The fourth-order valence-corrected chi connectivity index (χ4v) is 2.94. The Labute approximate surface area is 135 Å². The summed E-state index contributed by atoms with van der Waals surface area (Å²) in [4.78, 5) is 14.5. The molecule has 3 nitrogen and oxygen atoms in total. The molecule has 1 unspecified atom stereocenters. The molecule has 0 bridgehead atoms. The summed E-state index contributed by atoms with van der Waals surface area (Å²) in [7, 11) is 0. The normalized spacial score (nSPS) is 19.6. The van der Waals surface area contributed by atoms with Gasteiger partial charge in [-0.3, -0.25) is 4.79 Å². The maximum absolute atomic E-state index is 12.2. The largest absolute Gasteiger partial charge is 0.377 e. The Kier molecular flexibility index (Phi) is 6.87. The minimum absolute atomic E-state index is 0.221. The summed E-state index contributed by atoms with van der Waals surface area (Å²) in [6.07, 6.45) is 4.32. The summed E-state index contributed by atoms with van der Waals surface area (Å²) in [5, 5.41) is 0. The number of ketones is 1. The molecule has 4 heteroatoms. The predicted molar refractivity (Wildman–Crippen MR) is 88.8 cm³/mol. The number of carbonyl (C=O) groups is 1. The first-order valence-electron chi connectivity index (χ1n) is 7.81. The molecule has 1 saturated heterocycles. The molecule has 0 spiro atoms. The van der Waals surface area contributed by atoms with Gasteiger partial charge in [0, 0.05) is 36.2 Å². The molecule has 1 aliphatic rings. The molecule has 0 aliphatic carbocycles. The standard InChI is InChI=1S/C17H24BrNO2/c1-2-12-21-16-4-3-10-19(13-16)11-9-17(20)14-5-7-15(18)8-6-14/h5-8,16H,2-4,9-13H2,1H3. The molecular weight excluding hydrogens is 330 g/mol. The van der Waals surface area contributed by atoms with Crippen molar-refractivity contribution in [1.29, 1.82) is 0 Å². The van der Waals surface area contributed by atoms with Crippen LogP contribution in [0.3, 0.4) is 0 Å². The summed E-state index contributed by atoms with van der Waals surface area (Å²) in [6.45, 7) is 5.86. The van der Waals surface area contributed by atoms with Crippen molar-refractivity contribution in [2.75, 3.05) is 26.2 Å². The number of ether oxygens (including phenoxy) is 1. The first-order valence-corrected chi connectivity index (χ1v) is 8.61. The maximum atomic E-state index is 12.2. The lowest BCUT2D eigenvalue weighted by molar-refractivity contribution is -0.0000194. The van der Waals surface area contributed by atoms with Crippen molar-refractivity contribution < 1.29 is 9.53 Å². The van der Waals surface area contributed by atoms with Gasteiger partial charge in [0.15, 0.2) is 5.78 Å². The lowest BCUT2D eigenvalue weighted by atomic mass is 10.1. The highest BCUT2D eigenvalue weighted by molar-refractivity contribution is 9.10. The van der Waals surface area contributed by atoms with E-state index in [0.29, 0.717) is 12.5 Å². The average Bonchev–Trinajstić information content (AvgIpc) is 2.52. The van der Waals surface area contributed by atoms with Gasteiger partial charge in [0.05, 0.1) is 6.10 Å². The lowest BCUT2D eigenvalue weighted by Gasteiger charge is -2.32. The molecular formula is C17H24BrNO2. The van der Waals surface area contributed by atoms with Gasteiger partial charge in [0.25, 0.3) is 0 Å². The van der Waals surface area contributed by atoms with Crippen LogP contribution in [0.2, 0.25) is 0 Å². The molecule has 1 heterocycles. The number of halogens is 1. The first kappa shape index (κ1) is 16.7. The number of carbonyl (C=O) groups excluding carboxylic acids is 1. The van der Waals surface area contributed by atoms with E-state index >= 15 is 0 Å². The zero-order valence-electron chi connectivity index (χ0n) is 12.7. The van der Waals surface area contributed by atoms with E-state index in [2.05, 4.69) is 27.8 Å². The summed E-state index contributed by atoms with van der Waals surface area (Å²) in [6, 6.07) is 7.61. The van der Waals surface area contributed by atoms with Gasteiger partial charge in [-0.2, -0.15) is 0 Å². The molecule has 1 atom stereocenters. The van der Waals surface area contributed by atoms with Crippen molar-refractivity contribution in [3.63, 3.8) is 0 Å². The van der Waals surface area contributed by atoms with Crippen LogP contribution in [0, 0.1) is 0 Å². The Balaban J connectivity index is 1.76. The summed E-state index contributed by atoms with van der Waals surface area (Å²) >= 11 is 3.39. The third-order valence-corrected chi connectivity index (χ3v) is 4.37. The molecule has 1 aromatic rings. The van der Waals surface area contributed by atoms with Gasteiger partial charge >= 0.3 is 0 Å². The van der Waals surface area contributed by atoms with E-state index < -0.39 is 0 Å². The lowest BCUT2D eigenvalue weighted by Crippen LogP contribution is -2.40. The van der Waals surface area contributed by atoms with Gasteiger partial charge in [-0.1, -0.05) is 35.0 Å². The highest BCUT2D eigenvalue weighted by Gasteiger charge is 2.20. The minimum Gasteiger partial charge on any atom is -0.377 e. The van der Waals surface area contributed by atoms with Gasteiger partial charge in [-0.15, -0.1) is 0 Å². The van der Waals surface area contributed by atoms with Gasteiger partial charge in [-0.05, 0) is 37.9 Å². The third-order valence-electron chi connectivity index (χ3n) is 3.84. The molecule has 1 fully saturated rings. The fraction of sp³-hybridized carbons (Fsp3) is 0.588. The van der Waals surface area contributed by atoms with Gasteiger partial charge in [-0.25, -0.2) is 0 Å². The zero-order valence-corrected chi connectivity index (χ0v) is 14.3. The number of hydrogen-bond donors (Lipinski definition) is 0. The van der Waals surface area contributed by atoms with Crippen molar-refractivity contribution in [1.82, 2.24) is 4.90 Å².